The van der Waals surface area contributed by atoms with E-state index in [1.165, 1.54) is 12.8 Å². The highest BCUT2D eigenvalue weighted by Gasteiger charge is 2.27. The largest absolute Gasteiger partial charge is 0.396 e. The van der Waals surface area contributed by atoms with Crippen LogP contribution < -0.4 is 5.32 Å². The normalized spacial score (nSPS) is 17.9. The fourth-order valence-corrected chi connectivity index (χ4v) is 1.66. The Morgan fingerprint density at radius 1 is 1.60 bits per heavy atom. The molecule has 1 aliphatic carbocycles. The number of amides is 1. The Morgan fingerprint density at radius 2 is 2.27 bits per heavy atom. The van der Waals surface area contributed by atoms with Gasteiger partial charge < -0.3 is 10.4 Å². The van der Waals surface area contributed by atoms with Crippen LogP contribution in [0.3, 0.4) is 0 Å². The van der Waals surface area contributed by atoms with Crippen molar-refractivity contribution in [3.63, 3.8) is 0 Å². The van der Waals surface area contributed by atoms with E-state index in [4.69, 9.17) is 5.11 Å². The molecule has 0 bridgehead atoms. The highest BCUT2D eigenvalue weighted by molar-refractivity contribution is 5.78. The van der Waals surface area contributed by atoms with Gasteiger partial charge >= 0.3 is 0 Å². The molecule has 0 heterocycles. The lowest BCUT2D eigenvalue weighted by molar-refractivity contribution is -0.122. The van der Waals surface area contributed by atoms with Crippen LogP contribution in [-0.2, 0) is 4.79 Å². The smallest absolute Gasteiger partial charge is 0.234 e. The molecule has 15 heavy (non-hydrogen) atoms. The maximum Gasteiger partial charge on any atom is 0.234 e. The van der Waals surface area contributed by atoms with E-state index in [9.17, 15) is 4.79 Å². The van der Waals surface area contributed by atoms with Gasteiger partial charge in [0.2, 0.25) is 5.91 Å². The molecule has 0 spiro atoms. The number of nitrogens with zero attached hydrogens (tertiary/aromatic N) is 1. The summed E-state index contributed by atoms with van der Waals surface area (Å²) in [4.78, 5) is 13.6. The molecule has 1 rings (SSSR count). The minimum atomic E-state index is 0.0924. The lowest BCUT2D eigenvalue weighted by Gasteiger charge is -2.18. The van der Waals surface area contributed by atoms with Crippen molar-refractivity contribution in [2.45, 2.75) is 44.7 Å². The number of likely N-dealkylation sites (N-methyl/N-ethyl adjacent to an activating group) is 1. The lowest BCUT2D eigenvalue weighted by Crippen LogP contribution is -2.40. The molecular weight excluding hydrogens is 192 g/mol. The Balaban J connectivity index is 2.10. The molecule has 4 nitrogen and oxygen atoms in total. The summed E-state index contributed by atoms with van der Waals surface area (Å²) in [6, 6.07) is 0.792. The van der Waals surface area contributed by atoms with Gasteiger partial charge in [0.25, 0.3) is 0 Å². The zero-order chi connectivity index (χ0) is 11.3. The second-order valence-corrected chi connectivity index (χ2v) is 4.48. The average Bonchev–Trinajstić information content (AvgIpc) is 2.97. The Bertz CT molecular complexity index is 205. The van der Waals surface area contributed by atoms with Crippen LogP contribution in [0.15, 0.2) is 0 Å². The molecule has 0 aromatic heterocycles. The summed E-state index contributed by atoms with van der Waals surface area (Å²) in [5, 5.41) is 11.6. The van der Waals surface area contributed by atoms with Crippen LogP contribution >= 0.6 is 0 Å². The highest BCUT2D eigenvalue weighted by atomic mass is 16.3. The van der Waals surface area contributed by atoms with Gasteiger partial charge in [-0.3, -0.25) is 9.69 Å². The monoisotopic (exact) mass is 214 g/mol. The molecule has 1 fully saturated rings. The first kappa shape index (κ1) is 12.5. The van der Waals surface area contributed by atoms with Gasteiger partial charge in [0.1, 0.15) is 0 Å². The first-order valence-corrected chi connectivity index (χ1v) is 5.74. The van der Waals surface area contributed by atoms with Crippen LogP contribution in [-0.4, -0.2) is 48.2 Å². The standard InChI is InChI=1S/C11H22N2O2/c1-9(4-3-7-14)12-11(15)8-13(2)10-5-6-10/h9-10,14H,3-8H2,1-2H3,(H,12,15). The predicted octanol–water partition coefficient (Wildman–Crippen LogP) is 0.358. The quantitative estimate of drug-likeness (QED) is 0.643. The van der Waals surface area contributed by atoms with E-state index in [-0.39, 0.29) is 18.6 Å². The minimum Gasteiger partial charge on any atom is -0.396 e. The van der Waals surface area contributed by atoms with E-state index in [1.54, 1.807) is 0 Å². The van der Waals surface area contributed by atoms with Crippen molar-refractivity contribution in [3.05, 3.63) is 0 Å². The van der Waals surface area contributed by atoms with Gasteiger partial charge in [-0.2, -0.15) is 0 Å². The van der Waals surface area contributed by atoms with Crippen LogP contribution in [0.4, 0.5) is 0 Å². The van der Waals surface area contributed by atoms with Crippen molar-refractivity contribution in [1.29, 1.82) is 0 Å². The Morgan fingerprint density at radius 3 is 2.80 bits per heavy atom. The number of aliphatic hydroxyl groups is 1. The Hall–Kier alpha value is -0.610. The fraction of sp³-hybridized carbons (Fsp3) is 0.909. The highest BCUT2D eigenvalue weighted by Crippen LogP contribution is 2.24. The molecule has 1 saturated carbocycles. The second kappa shape index (κ2) is 6.08. The molecule has 0 aromatic carbocycles. The van der Waals surface area contributed by atoms with Gasteiger partial charge in [-0.05, 0) is 39.7 Å². The molecule has 0 saturated heterocycles. The molecule has 1 aliphatic rings. The van der Waals surface area contributed by atoms with Crippen LogP contribution in [0, 0.1) is 0 Å². The van der Waals surface area contributed by atoms with Crippen molar-refractivity contribution in [1.82, 2.24) is 10.2 Å². The van der Waals surface area contributed by atoms with Crippen LogP contribution in [0.25, 0.3) is 0 Å². The SMILES string of the molecule is CC(CCCO)NC(=O)CN(C)C1CC1. The van der Waals surface area contributed by atoms with Crippen molar-refractivity contribution in [2.75, 3.05) is 20.2 Å². The Kier molecular flexibility index (Phi) is 5.05. The zero-order valence-electron chi connectivity index (χ0n) is 9.70. The van der Waals surface area contributed by atoms with Gasteiger partial charge in [0.05, 0.1) is 6.54 Å². The van der Waals surface area contributed by atoms with Gasteiger partial charge in [-0.1, -0.05) is 0 Å². The van der Waals surface area contributed by atoms with Crippen molar-refractivity contribution in [3.8, 4) is 0 Å². The van der Waals surface area contributed by atoms with Crippen LogP contribution in [0.1, 0.15) is 32.6 Å². The summed E-state index contributed by atoms with van der Waals surface area (Å²) in [6.07, 6.45) is 4.04. The average molecular weight is 214 g/mol. The molecule has 1 amide bonds. The van der Waals surface area contributed by atoms with Crippen molar-refractivity contribution < 1.29 is 9.90 Å². The molecule has 1 unspecified atom stereocenters. The third-order valence-electron chi connectivity index (χ3n) is 2.77. The number of carbonyl (C=O) groups is 1. The molecule has 0 aromatic rings. The predicted molar refractivity (Wildman–Crippen MR) is 59.6 cm³/mol. The van der Waals surface area contributed by atoms with Crippen molar-refractivity contribution in [2.24, 2.45) is 0 Å². The fourth-order valence-electron chi connectivity index (χ4n) is 1.66. The summed E-state index contributed by atoms with van der Waals surface area (Å²) in [5.41, 5.74) is 0. The van der Waals surface area contributed by atoms with E-state index < -0.39 is 0 Å². The third kappa shape index (κ3) is 5.14. The first-order valence-electron chi connectivity index (χ1n) is 5.74. The minimum absolute atomic E-state index is 0.0924. The topological polar surface area (TPSA) is 52.6 Å². The maximum absolute atomic E-state index is 11.5. The molecule has 2 N–H and O–H groups in total. The summed E-state index contributed by atoms with van der Waals surface area (Å²) >= 11 is 0. The molecule has 0 radical (unpaired) electrons. The third-order valence-corrected chi connectivity index (χ3v) is 2.77. The second-order valence-electron chi connectivity index (χ2n) is 4.48. The van der Waals surface area contributed by atoms with Crippen molar-refractivity contribution >= 4 is 5.91 Å². The number of hydrogen-bond acceptors (Lipinski definition) is 3. The summed E-state index contributed by atoms with van der Waals surface area (Å²) in [6.45, 7) is 2.67. The zero-order valence-corrected chi connectivity index (χ0v) is 9.70. The van der Waals surface area contributed by atoms with Gasteiger partial charge in [-0.25, -0.2) is 0 Å². The van der Waals surface area contributed by atoms with Gasteiger partial charge in [0.15, 0.2) is 0 Å². The number of carbonyl (C=O) groups excluding carboxylic acids is 1. The number of nitrogens with one attached hydrogen (secondary N) is 1. The molecule has 1 atom stereocenters. The summed E-state index contributed by atoms with van der Waals surface area (Å²) in [5.74, 6) is 0.0924. The molecular formula is C11H22N2O2. The number of aliphatic hydroxyl groups excluding tert-OH is 1. The number of hydrogen-bond donors (Lipinski definition) is 2. The maximum atomic E-state index is 11.5. The van der Waals surface area contributed by atoms with Crippen LogP contribution in [0.2, 0.25) is 0 Å². The molecule has 88 valence electrons. The van der Waals surface area contributed by atoms with Gasteiger partial charge in [-0.15, -0.1) is 0 Å². The lowest BCUT2D eigenvalue weighted by atomic mass is 10.2. The van der Waals surface area contributed by atoms with E-state index >= 15 is 0 Å². The van der Waals surface area contributed by atoms with E-state index in [0.717, 1.165) is 12.8 Å². The van der Waals surface area contributed by atoms with Crippen LogP contribution in [0.5, 0.6) is 0 Å². The first-order chi connectivity index (χ1) is 7.13. The van der Waals surface area contributed by atoms with E-state index in [0.29, 0.717) is 12.6 Å². The van der Waals surface area contributed by atoms with Gasteiger partial charge in [0, 0.05) is 18.7 Å². The van der Waals surface area contributed by atoms with E-state index in [1.807, 2.05) is 14.0 Å². The number of rotatable bonds is 7. The summed E-state index contributed by atoms with van der Waals surface area (Å²) < 4.78 is 0. The molecule has 4 heteroatoms. The summed E-state index contributed by atoms with van der Waals surface area (Å²) in [7, 11) is 2.00. The van der Waals surface area contributed by atoms with E-state index in [2.05, 4.69) is 10.2 Å². The molecule has 0 aliphatic heterocycles. The Labute approximate surface area is 91.6 Å².